The number of para-hydroxylation sites is 2. The van der Waals surface area contributed by atoms with Gasteiger partial charge in [-0.25, -0.2) is 18.4 Å². The van der Waals surface area contributed by atoms with E-state index in [1.54, 1.807) is 60.9 Å². The molecule has 4 rings (SSSR count). The Hall–Kier alpha value is -3.69. The highest BCUT2D eigenvalue weighted by Crippen LogP contribution is 2.40. The predicted octanol–water partition coefficient (Wildman–Crippen LogP) is 5.10. The maximum absolute atomic E-state index is 13.1. The molecule has 2 heterocycles. The molecule has 0 fully saturated rings. The highest BCUT2D eigenvalue weighted by Gasteiger charge is 2.23. The van der Waals surface area contributed by atoms with E-state index in [4.69, 9.17) is 21.1 Å². The highest BCUT2D eigenvalue weighted by molar-refractivity contribution is 7.92. The van der Waals surface area contributed by atoms with Crippen LogP contribution in [0.4, 0.5) is 5.82 Å². The molecule has 8 nitrogen and oxygen atoms in total. The van der Waals surface area contributed by atoms with Gasteiger partial charge in [0.05, 0.1) is 12.0 Å². The first kappa shape index (κ1) is 22.5. The van der Waals surface area contributed by atoms with E-state index in [-0.39, 0.29) is 27.4 Å². The van der Waals surface area contributed by atoms with Gasteiger partial charge in [0, 0.05) is 18.0 Å². The summed E-state index contributed by atoms with van der Waals surface area (Å²) in [6, 6.07) is 16.7. The average Bonchev–Trinajstić information content (AvgIpc) is 2.82. The molecule has 0 saturated carbocycles. The zero-order chi connectivity index (χ0) is 23.4. The first-order chi connectivity index (χ1) is 15.9. The van der Waals surface area contributed by atoms with Gasteiger partial charge in [0.1, 0.15) is 0 Å². The lowest BCUT2D eigenvalue weighted by Gasteiger charge is -2.16. The van der Waals surface area contributed by atoms with Gasteiger partial charge in [-0.1, -0.05) is 41.4 Å². The van der Waals surface area contributed by atoms with Crippen LogP contribution in [-0.2, 0) is 10.0 Å². The van der Waals surface area contributed by atoms with E-state index in [2.05, 4.69) is 19.7 Å². The van der Waals surface area contributed by atoms with Crippen molar-refractivity contribution in [2.45, 2.75) is 11.8 Å². The van der Waals surface area contributed by atoms with E-state index >= 15 is 0 Å². The molecule has 2 aromatic carbocycles. The molecule has 2 aromatic heterocycles. The number of nitrogens with zero attached hydrogens (tertiary/aromatic N) is 3. The number of pyridine rings is 1. The number of rotatable bonds is 7. The number of nitrogens with one attached hydrogen (secondary N) is 1. The zero-order valence-corrected chi connectivity index (χ0v) is 19.3. The van der Waals surface area contributed by atoms with Crippen LogP contribution >= 0.6 is 11.6 Å². The van der Waals surface area contributed by atoms with Gasteiger partial charge in [0.15, 0.2) is 28.3 Å². The van der Waals surface area contributed by atoms with Crippen LogP contribution in [-0.4, -0.2) is 30.5 Å². The summed E-state index contributed by atoms with van der Waals surface area (Å²) in [5, 5.41) is -0.0793. The van der Waals surface area contributed by atoms with Gasteiger partial charge >= 0.3 is 0 Å². The minimum absolute atomic E-state index is 0.0605. The number of aromatic nitrogens is 3. The molecule has 0 saturated heterocycles. The molecule has 0 amide bonds. The molecule has 0 aliphatic heterocycles. The van der Waals surface area contributed by atoms with Gasteiger partial charge in [0.25, 0.3) is 10.0 Å². The standard InChI is InChI=1S/C23H19ClN4O4S/c1-15-7-9-17(10-8-15)33(29,30)28-23-20(32-19-6-4-3-5-18(19)31-2)21(24)26-22(27-23)16-11-13-25-14-12-16/h3-14H,1-2H3,(H,26,27,28). The number of methoxy groups -OCH3 is 1. The summed E-state index contributed by atoms with van der Waals surface area (Å²) in [7, 11) is -2.50. The Balaban J connectivity index is 1.82. The number of hydrogen-bond donors (Lipinski definition) is 1. The smallest absolute Gasteiger partial charge is 0.263 e. The van der Waals surface area contributed by atoms with Gasteiger partial charge in [-0.15, -0.1) is 0 Å². The van der Waals surface area contributed by atoms with E-state index < -0.39 is 10.0 Å². The monoisotopic (exact) mass is 482 g/mol. The van der Waals surface area contributed by atoms with Crippen LogP contribution in [0, 0.1) is 6.92 Å². The van der Waals surface area contributed by atoms with Crippen LogP contribution in [0.25, 0.3) is 11.4 Å². The largest absolute Gasteiger partial charge is 0.493 e. The second-order valence-corrected chi connectivity index (χ2v) is 8.96. The maximum atomic E-state index is 13.1. The van der Waals surface area contributed by atoms with Crippen molar-refractivity contribution in [1.82, 2.24) is 15.0 Å². The third kappa shape index (κ3) is 5.05. The van der Waals surface area contributed by atoms with Crippen molar-refractivity contribution < 1.29 is 17.9 Å². The lowest BCUT2D eigenvalue weighted by atomic mass is 10.2. The van der Waals surface area contributed by atoms with Crippen molar-refractivity contribution in [2.24, 2.45) is 0 Å². The molecule has 0 aliphatic rings. The van der Waals surface area contributed by atoms with Crippen LogP contribution in [0.15, 0.2) is 78.0 Å². The van der Waals surface area contributed by atoms with Crippen molar-refractivity contribution in [2.75, 3.05) is 11.8 Å². The van der Waals surface area contributed by atoms with E-state index in [9.17, 15) is 8.42 Å². The molecular formula is C23H19ClN4O4S. The fourth-order valence-corrected chi connectivity index (χ4v) is 4.14. The summed E-state index contributed by atoms with van der Waals surface area (Å²) < 4.78 is 39.9. The van der Waals surface area contributed by atoms with Gasteiger partial charge in [-0.05, 0) is 43.3 Å². The van der Waals surface area contributed by atoms with Crippen LogP contribution in [0.1, 0.15) is 5.56 Å². The minimum atomic E-state index is -4.00. The Morgan fingerprint density at radius 1 is 0.909 bits per heavy atom. The fraction of sp³-hybridized carbons (Fsp3) is 0.0870. The third-order valence-corrected chi connectivity index (χ3v) is 6.22. The molecule has 0 bridgehead atoms. The Labute approximate surface area is 196 Å². The molecular weight excluding hydrogens is 464 g/mol. The Bertz CT molecular complexity index is 1380. The molecule has 1 N–H and O–H groups in total. The Morgan fingerprint density at radius 2 is 1.58 bits per heavy atom. The third-order valence-electron chi connectivity index (χ3n) is 4.61. The molecule has 33 heavy (non-hydrogen) atoms. The number of sulfonamides is 1. The number of halogens is 1. The van der Waals surface area contributed by atoms with Gasteiger partial charge < -0.3 is 9.47 Å². The quantitative estimate of drug-likeness (QED) is 0.365. The molecule has 0 radical (unpaired) electrons. The van der Waals surface area contributed by atoms with Crippen molar-refractivity contribution in [1.29, 1.82) is 0 Å². The van der Waals surface area contributed by atoms with Gasteiger partial charge in [-0.2, -0.15) is 0 Å². The SMILES string of the molecule is COc1ccccc1Oc1c(Cl)nc(-c2ccncc2)nc1NS(=O)(=O)c1ccc(C)cc1. The molecule has 10 heteroatoms. The van der Waals surface area contributed by atoms with Crippen molar-refractivity contribution in [3.63, 3.8) is 0 Å². The summed E-state index contributed by atoms with van der Waals surface area (Å²) in [6.07, 6.45) is 3.14. The lowest BCUT2D eigenvalue weighted by molar-refractivity contribution is 0.378. The summed E-state index contributed by atoms with van der Waals surface area (Å²) >= 11 is 6.46. The first-order valence-corrected chi connectivity index (χ1v) is 11.6. The van der Waals surface area contributed by atoms with Crippen LogP contribution < -0.4 is 14.2 Å². The summed E-state index contributed by atoms with van der Waals surface area (Å²) in [6.45, 7) is 1.87. The number of ether oxygens (including phenoxy) is 2. The lowest BCUT2D eigenvalue weighted by Crippen LogP contribution is -2.15. The molecule has 0 aliphatic carbocycles. The van der Waals surface area contributed by atoms with Gasteiger partial charge in [-0.3, -0.25) is 9.71 Å². The Kier molecular flexibility index (Phi) is 6.43. The number of benzene rings is 2. The van der Waals surface area contributed by atoms with Gasteiger partial charge in [0.2, 0.25) is 5.75 Å². The average molecular weight is 483 g/mol. The predicted molar refractivity (Wildman–Crippen MR) is 125 cm³/mol. The second kappa shape index (κ2) is 9.43. The zero-order valence-electron chi connectivity index (χ0n) is 17.7. The molecule has 0 unspecified atom stereocenters. The van der Waals surface area contributed by atoms with E-state index in [0.717, 1.165) is 5.56 Å². The van der Waals surface area contributed by atoms with Crippen molar-refractivity contribution >= 4 is 27.4 Å². The van der Waals surface area contributed by atoms with Crippen LogP contribution in [0.3, 0.4) is 0 Å². The Morgan fingerprint density at radius 3 is 2.24 bits per heavy atom. The van der Waals surface area contributed by atoms with Crippen LogP contribution in [0.2, 0.25) is 5.15 Å². The minimum Gasteiger partial charge on any atom is -0.493 e. The maximum Gasteiger partial charge on any atom is 0.263 e. The van der Waals surface area contributed by atoms with E-state index in [1.165, 1.54) is 19.2 Å². The molecule has 0 spiro atoms. The second-order valence-electron chi connectivity index (χ2n) is 6.92. The summed E-state index contributed by atoms with van der Waals surface area (Å²) in [5.41, 5.74) is 1.53. The normalized spacial score (nSPS) is 11.1. The molecule has 4 aromatic rings. The number of hydrogen-bond acceptors (Lipinski definition) is 7. The molecule has 0 atom stereocenters. The first-order valence-electron chi connectivity index (χ1n) is 9.75. The van der Waals surface area contributed by atoms with Crippen LogP contribution in [0.5, 0.6) is 17.2 Å². The summed E-state index contributed by atoms with van der Waals surface area (Å²) in [5.74, 6) is 0.774. The van der Waals surface area contributed by atoms with E-state index in [1.807, 2.05) is 6.92 Å². The van der Waals surface area contributed by atoms with Crippen molar-refractivity contribution in [3.8, 4) is 28.6 Å². The summed E-state index contributed by atoms with van der Waals surface area (Å²) in [4.78, 5) is 12.7. The number of anilines is 1. The topological polar surface area (TPSA) is 103 Å². The highest BCUT2D eigenvalue weighted by atomic mass is 35.5. The fourth-order valence-electron chi connectivity index (χ4n) is 2.93. The van der Waals surface area contributed by atoms with Crippen molar-refractivity contribution in [3.05, 3.63) is 83.8 Å². The molecule has 168 valence electrons. The van der Waals surface area contributed by atoms with E-state index in [0.29, 0.717) is 17.1 Å². The number of aryl methyl sites for hydroxylation is 1.